The fraction of sp³-hybridized carbons (Fsp3) is 0.167. The molecule has 0 N–H and O–H groups in total. The summed E-state index contributed by atoms with van der Waals surface area (Å²) < 4.78 is 32.1. The van der Waals surface area contributed by atoms with Gasteiger partial charge in [0.25, 0.3) is 5.91 Å². The molecule has 4 rings (SSSR count). The maximum Gasteiger partial charge on any atom is 0.261 e. The molecule has 0 saturated carbocycles. The number of hydrogen-bond donors (Lipinski definition) is 0. The molecule has 0 atom stereocenters. The van der Waals surface area contributed by atoms with Crippen molar-refractivity contribution in [1.29, 1.82) is 0 Å². The van der Waals surface area contributed by atoms with Crippen LogP contribution in [-0.2, 0) is 34.5 Å². The highest BCUT2D eigenvalue weighted by molar-refractivity contribution is 7.92. The van der Waals surface area contributed by atoms with E-state index in [4.69, 9.17) is 16.3 Å². The fourth-order valence-electron chi connectivity index (χ4n) is 3.94. The Hall–Kier alpha value is -3.81. The lowest BCUT2D eigenvalue weighted by atomic mass is 10.1. The normalized spacial score (nSPS) is 11.1. The molecule has 8 heteroatoms. The van der Waals surface area contributed by atoms with Crippen molar-refractivity contribution in [3.05, 3.63) is 131 Å². The number of sulfonamides is 1. The second-order valence-electron chi connectivity index (χ2n) is 8.90. The standard InChI is InChI=1S/C30H29ClN2O4S/c1-38(35,36)33(22-26-12-14-27(31)15-13-26)28-16-18-29(19-17-28)37-23-30(34)32(20-24-8-4-2-5-9-24)21-25-10-6-3-7-11-25/h2-19H,20-23H2,1H3. The number of ether oxygens (including phenoxy) is 1. The van der Waals surface area contributed by atoms with Crippen molar-refractivity contribution in [1.82, 2.24) is 4.90 Å². The van der Waals surface area contributed by atoms with Crippen LogP contribution in [0.2, 0.25) is 5.02 Å². The first-order valence-electron chi connectivity index (χ1n) is 12.1. The summed E-state index contributed by atoms with van der Waals surface area (Å²) in [5.74, 6) is 0.323. The van der Waals surface area contributed by atoms with E-state index in [-0.39, 0.29) is 19.1 Å². The van der Waals surface area contributed by atoms with Gasteiger partial charge in [-0.3, -0.25) is 9.10 Å². The molecule has 0 bridgehead atoms. The molecule has 0 aliphatic carbocycles. The second kappa shape index (κ2) is 12.6. The summed E-state index contributed by atoms with van der Waals surface area (Å²) in [6.07, 6.45) is 1.17. The third-order valence-electron chi connectivity index (χ3n) is 5.91. The van der Waals surface area contributed by atoms with Gasteiger partial charge in [0.2, 0.25) is 10.0 Å². The van der Waals surface area contributed by atoms with Gasteiger partial charge < -0.3 is 9.64 Å². The molecule has 0 spiro atoms. The van der Waals surface area contributed by atoms with Crippen LogP contribution in [0.5, 0.6) is 5.75 Å². The summed E-state index contributed by atoms with van der Waals surface area (Å²) in [6, 6.07) is 33.4. The Bertz CT molecular complexity index is 1390. The monoisotopic (exact) mass is 548 g/mol. The topological polar surface area (TPSA) is 66.9 Å². The summed E-state index contributed by atoms with van der Waals surface area (Å²) in [5, 5.41) is 0.585. The van der Waals surface area contributed by atoms with Crippen LogP contribution in [-0.4, -0.2) is 32.1 Å². The smallest absolute Gasteiger partial charge is 0.261 e. The van der Waals surface area contributed by atoms with Crippen molar-refractivity contribution in [3.63, 3.8) is 0 Å². The first-order valence-corrected chi connectivity index (χ1v) is 14.3. The number of carbonyl (C=O) groups is 1. The number of amides is 1. The minimum Gasteiger partial charge on any atom is -0.484 e. The first kappa shape index (κ1) is 27.2. The molecule has 4 aromatic carbocycles. The molecule has 6 nitrogen and oxygen atoms in total. The molecular formula is C30H29ClN2O4S. The lowest BCUT2D eigenvalue weighted by Crippen LogP contribution is -2.34. The van der Waals surface area contributed by atoms with E-state index in [1.807, 2.05) is 60.7 Å². The molecule has 0 aliphatic heterocycles. The van der Waals surface area contributed by atoms with Gasteiger partial charge in [-0.25, -0.2) is 8.42 Å². The highest BCUT2D eigenvalue weighted by atomic mass is 35.5. The Morgan fingerprint density at radius 3 is 1.71 bits per heavy atom. The quantitative estimate of drug-likeness (QED) is 0.233. The van der Waals surface area contributed by atoms with E-state index in [9.17, 15) is 13.2 Å². The fourth-order valence-corrected chi connectivity index (χ4v) is 4.95. The minimum atomic E-state index is -3.54. The molecule has 4 aromatic rings. The van der Waals surface area contributed by atoms with E-state index in [2.05, 4.69) is 0 Å². The molecule has 1 amide bonds. The molecule has 0 fully saturated rings. The Balaban J connectivity index is 1.43. The largest absolute Gasteiger partial charge is 0.484 e. The van der Waals surface area contributed by atoms with Gasteiger partial charge >= 0.3 is 0 Å². The molecule has 38 heavy (non-hydrogen) atoms. The average Bonchev–Trinajstić information content (AvgIpc) is 2.92. The van der Waals surface area contributed by atoms with Crippen LogP contribution in [0.3, 0.4) is 0 Å². The Kier molecular flexibility index (Phi) is 9.05. The van der Waals surface area contributed by atoms with Crippen molar-refractivity contribution in [3.8, 4) is 5.75 Å². The van der Waals surface area contributed by atoms with Crippen molar-refractivity contribution in [2.75, 3.05) is 17.2 Å². The van der Waals surface area contributed by atoms with Crippen molar-refractivity contribution in [2.24, 2.45) is 0 Å². The van der Waals surface area contributed by atoms with Gasteiger partial charge in [-0.1, -0.05) is 84.4 Å². The van der Waals surface area contributed by atoms with Crippen molar-refractivity contribution >= 4 is 33.2 Å². The van der Waals surface area contributed by atoms with E-state index in [0.717, 1.165) is 16.7 Å². The molecular weight excluding hydrogens is 520 g/mol. The van der Waals surface area contributed by atoms with E-state index >= 15 is 0 Å². The predicted molar refractivity (Wildman–Crippen MR) is 152 cm³/mol. The Morgan fingerprint density at radius 1 is 0.711 bits per heavy atom. The maximum absolute atomic E-state index is 13.2. The number of rotatable bonds is 11. The highest BCUT2D eigenvalue weighted by Gasteiger charge is 2.19. The SMILES string of the molecule is CS(=O)(=O)N(Cc1ccc(Cl)cc1)c1ccc(OCC(=O)N(Cc2ccccc2)Cc2ccccc2)cc1. The minimum absolute atomic E-state index is 0.139. The van der Waals surface area contributed by atoms with Crippen LogP contribution in [0.4, 0.5) is 5.69 Å². The third-order valence-corrected chi connectivity index (χ3v) is 7.30. The zero-order valence-electron chi connectivity index (χ0n) is 21.0. The van der Waals surface area contributed by atoms with Crippen molar-refractivity contribution in [2.45, 2.75) is 19.6 Å². The van der Waals surface area contributed by atoms with E-state index in [1.165, 1.54) is 10.6 Å². The first-order chi connectivity index (χ1) is 18.3. The van der Waals surface area contributed by atoms with E-state index < -0.39 is 10.0 Å². The molecule has 196 valence electrons. The van der Waals surface area contributed by atoms with Crippen molar-refractivity contribution < 1.29 is 17.9 Å². The van der Waals surface area contributed by atoms with Gasteiger partial charge in [0, 0.05) is 18.1 Å². The average molecular weight is 549 g/mol. The van der Waals surface area contributed by atoms with Crippen LogP contribution in [0.15, 0.2) is 109 Å². The lowest BCUT2D eigenvalue weighted by Gasteiger charge is -2.24. The summed E-state index contributed by atoms with van der Waals surface area (Å²) >= 11 is 5.95. The van der Waals surface area contributed by atoms with Crippen LogP contribution in [0.25, 0.3) is 0 Å². The number of nitrogens with zero attached hydrogens (tertiary/aromatic N) is 2. The molecule has 0 radical (unpaired) electrons. The van der Waals surface area contributed by atoms with E-state index in [1.54, 1.807) is 53.4 Å². The molecule has 0 saturated heterocycles. The van der Waals surface area contributed by atoms with Gasteiger partial charge in [-0.05, 0) is 53.1 Å². The zero-order valence-corrected chi connectivity index (χ0v) is 22.6. The van der Waals surface area contributed by atoms with Crippen LogP contribution < -0.4 is 9.04 Å². The molecule has 0 aromatic heterocycles. The van der Waals surface area contributed by atoms with Gasteiger partial charge in [-0.15, -0.1) is 0 Å². The summed E-state index contributed by atoms with van der Waals surface area (Å²) in [7, 11) is -3.54. The third kappa shape index (κ3) is 7.84. The van der Waals surface area contributed by atoms with E-state index in [0.29, 0.717) is 29.5 Å². The number of anilines is 1. The molecule has 0 unspecified atom stereocenters. The van der Waals surface area contributed by atoms with Gasteiger partial charge in [0.15, 0.2) is 6.61 Å². The highest BCUT2D eigenvalue weighted by Crippen LogP contribution is 2.24. The number of benzene rings is 4. The molecule has 0 aliphatic rings. The Labute approximate surface area is 229 Å². The molecule has 0 heterocycles. The maximum atomic E-state index is 13.2. The number of hydrogen-bond acceptors (Lipinski definition) is 4. The van der Waals surface area contributed by atoms with Gasteiger partial charge in [0.1, 0.15) is 5.75 Å². The van der Waals surface area contributed by atoms with Crippen LogP contribution >= 0.6 is 11.6 Å². The number of halogens is 1. The lowest BCUT2D eigenvalue weighted by molar-refractivity contribution is -0.134. The summed E-state index contributed by atoms with van der Waals surface area (Å²) in [5.41, 5.74) is 3.36. The second-order valence-corrected chi connectivity index (χ2v) is 11.2. The number of carbonyl (C=O) groups excluding carboxylic acids is 1. The predicted octanol–water partition coefficient (Wildman–Crippen LogP) is 5.91. The van der Waals surface area contributed by atoms with Gasteiger partial charge in [-0.2, -0.15) is 0 Å². The zero-order chi connectivity index (χ0) is 27.0. The van der Waals surface area contributed by atoms with Crippen LogP contribution in [0, 0.1) is 0 Å². The van der Waals surface area contributed by atoms with Gasteiger partial charge in [0.05, 0.1) is 18.5 Å². The summed E-state index contributed by atoms with van der Waals surface area (Å²) in [6.45, 7) is 0.956. The van der Waals surface area contributed by atoms with Crippen LogP contribution in [0.1, 0.15) is 16.7 Å². The Morgan fingerprint density at radius 2 is 1.21 bits per heavy atom. The summed E-state index contributed by atoms with van der Waals surface area (Å²) in [4.78, 5) is 14.9.